The van der Waals surface area contributed by atoms with Crippen LogP contribution in [0.4, 0.5) is 47.3 Å². The third kappa shape index (κ3) is 7.30. The first kappa shape index (κ1) is 40.0. The molecule has 8 rings (SSSR count). The maximum absolute atomic E-state index is 13.9. The Kier molecular flexibility index (Phi) is 10.4. The van der Waals surface area contributed by atoms with Crippen molar-refractivity contribution in [3.05, 3.63) is 167 Å². The van der Waals surface area contributed by atoms with Gasteiger partial charge in [0, 0.05) is 33.5 Å². The van der Waals surface area contributed by atoms with E-state index in [1.807, 2.05) is 0 Å². The van der Waals surface area contributed by atoms with Gasteiger partial charge in [0.15, 0.2) is 0 Å². The molecule has 0 saturated carbocycles. The zero-order valence-corrected chi connectivity index (χ0v) is 35.5. The number of hydrogen-bond acceptors (Lipinski definition) is 2. The van der Waals surface area contributed by atoms with E-state index in [-0.39, 0.29) is 11.8 Å². The van der Waals surface area contributed by atoms with Crippen molar-refractivity contribution < 1.29 is 13.2 Å². The van der Waals surface area contributed by atoms with Gasteiger partial charge in [-0.25, -0.2) is 0 Å². The maximum atomic E-state index is 13.9. The lowest BCUT2D eigenvalue weighted by Crippen LogP contribution is -2.13. The van der Waals surface area contributed by atoms with Gasteiger partial charge in [-0.3, -0.25) is 0 Å². The molecule has 0 unspecified atom stereocenters. The van der Waals surface area contributed by atoms with Gasteiger partial charge in [0.1, 0.15) is 0 Å². The van der Waals surface area contributed by atoms with Gasteiger partial charge >= 0.3 is 6.18 Å². The Morgan fingerprint density at radius 3 is 1.03 bits per heavy atom. The van der Waals surface area contributed by atoms with E-state index in [9.17, 15) is 13.2 Å². The molecule has 2 nitrogen and oxygen atoms in total. The molecule has 0 aliphatic heterocycles. The van der Waals surface area contributed by atoms with Gasteiger partial charge in [0.25, 0.3) is 0 Å². The highest BCUT2D eigenvalue weighted by Crippen LogP contribution is 2.51. The van der Waals surface area contributed by atoms with Crippen LogP contribution in [0, 0.1) is 6.92 Å². The van der Waals surface area contributed by atoms with Crippen molar-refractivity contribution in [1.29, 1.82) is 0 Å². The van der Waals surface area contributed by atoms with Crippen LogP contribution in [-0.2, 0) is 6.18 Å². The largest absolute Gasteiger partial charge is 0.416 e. The number of nitrogens with zero attached hydrogens (tertiary/aromatic N) is 2. The van der Waals surface area contributed by atoms with Crippen molar-refractivity contribution in [3.63, 3.8) is 0 Å². The predicted molar refractivity (Wildman–Crippen MR) is 246 cm³/mol. The van der Waals surface area contributed by atoms with Crippen LogP contribution in [-0.4, -0.2) is 0 Å². The van der Waals surface area contributed by atoms with E-state index in [2.05, 4.69) is 181 Å². The number of aryl methyl sites for hydroxylation is 1. The Morgan fingerprint density at radius 1 is 0.390 bits per heavy atom. The molecule has 0 aliphatic carbocycles. The number of benzene rings is 8. The highest BCUT2D eigenvalue weighted by atomic mass is 19.4. The smallest absolute Gasteiger partial charge is 0.310 e. The Balaban J connectivity index is 1.47. The molecule has 5 heteroatoms. The molecule has 8 aromatic rings. The van der Waals surface area contributed by atoms with Gasteiger partial charge in [-0.15, -0.1) is 0 Å². The first-order chi connectivity index (χ1) is 28.1. The average molecular weight is 787 g/mol. The summed E-state index contributed by atoms with van der Waals surface area (Å²) in [5.74, 6) is 1.15. The van der Waals surface area contributed by atoms with Crippen molar-refractivity contribution in [2.75, 3.05) is 9.80 Å². The fourth-order valence-electron chi connectivity index (χ4n) is 8.70. The van der Waals surface area contributed by atoms with Crippen LogP contribution in [0.15, 0.2) is 133 Å². The molecule has 0 aliphatic rings. The van der Waals surface area contributed by atoms with Gasteiger partial charge in [-0.2, -0.15) is 13.2 Å². The number of rotatable bonds is 10. The summed E-state index contributed by atoms with van der Waals surface area (Å²) in [6.45, 7) is 19.9. The van der Waals surface area contributed by atoms with Gasteiger partial charge in [0.05, 0.1) is 16.9 Å². The summed E-state index contributed by atoms with van der Waals surface area (Å²) in [5.41, 5.74) is 11.2. The van der Waals surface area contributed by atoms with Crippen molar-refractivity contribution in [3.8, 4) is 0 Å². The second-order valence-corrected chi connectivity index (χ2v) is 17.4. The van der Waals surface area contributed by atoms with Crippen LogP contribution in [0.25, 0.3) is 32.3 Å². The van der Waals surface area contributed by atoms with Gasteiger partial charge in [-0.05, 0) is 147 Å². The highest BCUT2D eigenvalue weighted by Gasteiger charge is 2.31. The molecule has 0 saturated heterocycles. The summed E-state index contributed by atoms with van der Waals surface area (Å²) in [6.07, 6.45) is -4.44. The molecule has 0 fully saturated rings. The van der Waals surface area contributed by atoms with E-state index in [0.29, 0.717) is 17.5 Å². The van der Waals surface area contributed by atoms with Crippen LogP contribution < -0.4 is 9.80 Å². The highest BCUT2D eigenvalue weighted by molar-refractivity contribution is 6.29. The van der Waals surface area contributed by atoms with Crippen LogP contribution >= 0.6 is 0 Å². The molecule has 8 aromatic carbocycles. The molecule has 0 heterocycles. The van der Waals surface area contributed by atoms with E-state index in [4.69, 9.17) is 0 Å². The summed E-state index contributed by atoms with van der Waals surface area (Å²) < 4.78 is 41.7. The van der Waals surface area contributed by atoms with Crippen molar-refractivity contribution >= 4 is 66.4 Å². The SMILES string of the molecule is Cc1ccc(N(c2ccc(C(C)C)cc2)c2cc(C(C)C)c3ccc4c(N(c5ccc(C(C)C)cc5)c5ccc(C(F)(F)F)cc5)cc(C(C)C)c5ccc2c3c54)cc1. The minimum Gasteiger partial charge on any atom is -0.310 e. The topological polar surface area (TPSA) is 6.48 Å². The molecule has 59 heavy (non-hydrogen) atoms. The molecule has 0 bridgehead atoms. The Hall–Kier alpha value is -5.81. The fourth-order valence-corrected chi connectivity index (χ4v) is 8.70. The summed E-state index contributed by atoms with van der Waals surface area (Å²) in [5, 5.41) is 6.96. The first-order valence-corrected chi connectivity index (χ1v) is 20.9. The van der Waals surface area contributed by atoms with E-state index in [0.717, 1.165) is 39.2 Å². The number of halogens is 3. The molecular weight excluding hydrogens is 734 g/mol. The van der Waals surface area contributed by atoms with Gasteiger partial charge in [-0.1, -0.05) is 122 Å². The molecule has 0 aromatic heterocycles. The Morgan fingerprint density at radius 2 is 0.712 bits per heavy atom. The minimum atomic E-state index is -4.44. The fraction of sp³-hybridized carbons (Fsp3) is 0.259. The summed E-state index contributed by atoms with van der Waals surface area (Å²) in [6, 6.07) is 45.5. The molecule has 0 spiro atoms. The van der Waals surface area contributed by atoms with Crippen LogP contribution in [0.5, 0.6) is 0 Å². The van der Waals surface area contributed by atoms with Crippen LogP contribution in [0.1, 0.15) is 112 Å². The lowest BCUT2D eigenvalue weighted by molar-refractivity contribution is -0.137. The quantitative estimate of drug-likeness (QED) is 0.127. The van der Waals surface area contributed by atoms with E-state index >= 15 is 0 Å². The average Bonchev–Trinajstić information content (AvgIpc) is 3.21. The van der Waals surface area contributed by atoms with E-state index in [1.165, 1.54) is 61.5 Å². The molecule has 0 N–H and O–H groups in total. The summed E-state index contributed by atoms with van der Waals surface area (Å²) in [4.78, 5) is 4.54. The number of alkyl halides is 3. The van der Waals surface area contributed by atoms with Crippen LogP contribution in [0.2, 0.25) is 0 Å². The molecule has 0 atom stereocenters. The maximum Gasteiger partial charge on any atom is 0.416 e. The Bertz CT molecular complexity index is 2740. The predicted octanol–water partition coefficient (Wildman–Crippen LogP) is 17.3. The normalized spacial score (nSPS) is 12.3. The Labute approximate surface area is 347 Å². The molecule has 0 amide bonds. The standard InChI is InChI=1S/C54H53F3N2/c1-32(2)37-12-20-41(21-13-37)58(40-18-10-36(9)11-19-40)50-30-48(34(5)6)44-27-29-47-51(31-49(35(7)8)45-26-28-46(50)52(44)53(45)47)59(42-22-14-38(15-23-42)33(3)4)43-24-16-39(17-25-43)54(55,56)57/h10-35H,1-9H3. The van der Waals surface area contributed by atoms with Gasteiger partial charge < -0.3 is 9.80 Å². The number of anilines is 6. The third-order valence-corrected chi connectivity index (χ3v) is 12.0. The second kappa shape index (κ2) is 15.4. The van der Waals surface area contributed by atoms with Crippen molar-refractivity contribution in [2.45, 2.75) is 92.2 Å². The zero-order valence-electron chi connectivity index (χ0n) is 35.5. The van der Waals surface area contributed by atoms with Gasteiger partial charge in [0.2, 0.25) is 0 Å². The monoisotopic (exact) mass is 786 g/mol. The third-order valence-electron chi connectivity index (χ3n) is 12.0. The van der Waals surface area contributed by atoms with E-state index in [1.54, 1.807) is 12.1 Å². The molecule has 0 radical (unpaired) electrons. The minimum absolute atomic E-state index is 0.170. The van der Waals surface area contributed by atoms with Crippen molar-refractivity contribution in [1.82, 2.24) is 0 Å². The van der Waals surface area contributed by atoms with E-state index < -0.39 is 11.7 Å². The van der Waals surface area contributed by atoms with Crippen molar-refractivity contribution in [2.24, 2.45) is 0 Å². The molecular formula is C54H53F3N2. The molecule has 300 valence electrons. The van der Waals surface area contributed by atoms with Crippen LogP contribution in [0.3, 0.4) is 0 Å². The number of hydrogen-bond donors (Lipinski definition) is 0. The lowest BCUT2D eigenvalue weighted by atomic mass is 9.84. The summed E-state index contributed by atoms with van der Waals surface area (Å²) in [7, 11) is 0. The summed E-state index contributed by atoms with van der Waals surface area (Å²) >= 11 is 0. The first-order valence-electron chi connectivity index (χ1n) is 20.9. The zero-order chi connectivity index (χ0) is 41.9. The second-order valence-electron chi connectivity index (χ2n) is 17.4. The lowest BCUT2D eigenvalue weighted by Gasteiger charge is -2.32.